The first-order chi connectivity index (χ1) is 9.88. The molecule has 112 valence electrons. The molecule has 1 aromatic heterocycles. The molecule has 2 rings (SSSR count). The van der Waals surface area contributed by atoms with Crippen molar-refractivity contribution in [3.05, 3.63) is 18.1 Å². The highest BCUT2D eigenvalue weighted by molar-refractivity contribution is 5.07. The molecule has 1 saturated carbocycles. The predicted octanol–water partition coefficient (Wildman–Crippen LogP) is 1.16. The fraction of sp³-hybridized carbons (Fsp3) is 0.714. The number of nitrogens with one attached hydrogen (secondary N) is 1. The summed E-state index contributed by atoms with van der Waals surface area (Å²) in [5.41, 5.74) is 0.945. The molecular weight excluding hydrogens is 258 g/mol. The Kier molecular flexibility index (Phi) is 6.70. The lowest BCUT2D eigenvalue weighted by Gasteiger charge is -2.07. The molecule has 6 nitrogen and oxygen atoms in total. The zero-order valence-corrected chi connectivity index (χ0v) is 12.0. The maximum Gasteiger partial charge on any atom is 0.232 e. The minimum absolute atomic E-state index is 0.487. The van der Waals surface area contributed by atoms with Gasteiger partial charge in [-0.2, -0.15) is 0 Å². The van der Waals surface area contributed by atoms with Crippen LogP contribution in [-0.4, -0.2) is 49.5 Å². The molecule has 0 aromatic carbocycles. The lowest BCUT2D eigenvalue weighted by Crippen LogP contribution is -2.16. The minimum atomic E-state index is 0.487. The second-order valence-electron chi connectivity index (χ2n) is 4.81. The van der Waals surface area contributed by atoms with Crippen LogP contribution in [0.15, 0.2) is 12.4 Å². The number of hydrogen-bond acceptors (Lipinski definition) is 6. The standard InChI is InChI=1S/C14H23N3O3/c1-18-5-2-6-19-7-8-20-14-11-16-13(10-17-14)9-15-12-3-4-12/h10-12,15H,2-9H2,1H3. The topological polar surface area (TPSA) is 65.5 Å². The Balaban J connectivity index is 1.53. The molecule has 0 bridgehead atoms. The molecule has 0 saturated heterocycles. The van der Waals surface area contributed by atoms with E-state index in [0.29, 0.717) is 31.7 Å². The summed E-state index contributed by atoms with van der Waals surface area (Å²) in [5, 5.41) is 3.40. The van der Waals surface area contributed by atoms with Crippen LogP contribution in [0.2, 0.25) is 0 Å². The molecule has 1 aliphatic carbocycles. The summed E-state index contributed by atoms with van der Waals surface area (Å²) >= 11 is 0. The predicted molar refractivity (Wildman–Crippen MR) is 74.7 cm³/mol. The van der Waals surface area contributed by atoms with Crippen LogP contribution in [-0.2, 0) is 16.0 Å². The van der Waals surface area contributed by atoms with Gasteiger partial charge in [0, 0.05) is 32.9 Å². The molecule has 0 amide bonds. The Labute approximate surface area is 119 Å². The molecular formula is C14H23N3O3. The second-order valence-corrected chi connectivity index (χ2v) is 4.81. The van der Waals surface area contributed by atoms with Crippen LogP contribution < -0.4 is 10.1 Å². The van der Waals surface area contributed by atoms with E-state index in [0.717, 1.165) is 25.3 Å². The lowest BCUT2D eigenvalue weighted by atomic mass is 10.4. The highest BCUT2D eigenvalue weighted by Gasteiger charge is 2.20. The molecule has 0 spiro atoms. The average Bonchev–Trinajstić information content (AvgIpc) is 3.30. The van der Waals surface area contributed by atoms with E-state index in [-0.39, 0.29) is 0 Å². The first kappa shape index (κ1) is 15.2. The molecule has 6 heteroatoms. The average molecular weight is 281 g/mol. The van der Waals surface area contributed by atoms with Crippen LogP contribution >= 0.6 is 0 Å². The van der Waals surface area contributed by atoms with E-state index in [2.05, 4.69) is 15.3 Å². The van der Waals surface area contributed by atoms with E-state index >= 15 is 0 Å². The Bertz CT molecular complexity index is 368. The Hall–Kier alpha value is -1.24. The summed E-state index contributed by atoms with van der Waals surface area (Å²) in [6.07, 6.45) is 6.87. The molecule has 1 N–H and O–H groups in total. The summed E-state index contributed by atoms with van der Waals surface area (Å²) in [6.45, 7) is 3.23. The Morgan fingerprint density at radius 3 is 2.75 bits per heavy atom. The van der Waals surface area contributed by atoms with Gasteiger partial charge in [0.15, 0.2) is 0 Å². The van der Waals surface area contributed by atoms with Crippen molar-refractivity contribution in [2.75, 3.05) is 33.5 Å². The van der Waals surface area contributed by atoms with Crippen molar-refractivity contribution in [1.82, 2.24) is 15.3 Å². The lowest BCUT2D eigenvalue weighted by molar-refractivity contribution is 0.0794. The smallest absolute Gasteiger partial charge is 0.232 e. The molecule has 0 radical (unpaired) electrons. The monoisotopic (exact) mass is 281 g/mol. The van der Waals surface area contributed by atoms with Gasteiger partial charge in [0.25, 0.3) is 0 Å². The normalized spacial score (nSPS) is 14.4. The Morgan fingerprint density at radius 1 is 1.15 bits per heavy atom. The summed E-state index contributed by atoms with van der Waals surface area (Å²) in [4.78, 5) is 8.53. The van der Waals surface area contributed by atoms with Crippen molar-refractivity contribution in [3.63, 3.8) is 0 Å². The van der Waals surface area contributed by atoms with E-state index < -0.39 is 0 Å². The van der Waals surface area contributed by atoms with Gasteiger partial charge in [-0.05, 0) is 19.3 Å². The first-order valence-corrected chi connectivity index (χ1v) is 7.12. The molecule has 0 unspecified atom stereocenters. The van der Waals surface area contributed by atoms with Gasteiger partial charge in [-0.15, -0.1) is 0 Å². The number of hydrogen-bond donors (Lipinski definition) is 1. The Morgan fingerprint density at radius 2 is 2.05 bits per heavy atom. The first-order valence-electron chi connectivity index (χ1n) is 7.12. The summed E-state index contributed by atoms with van der Waals surface area (Å²) in [5.74, 6) is 0.542. The van der Waals surface area contributed by atoms with Crippen molar-refractivity contribution in [2.24, 2.45) is 0 Å². The van der Waals surface area contributed by atoms with Crippen LogP contribution in [0.5, 0.6) is 5.88 Å². The fourth-order valence-electron chi connectivity index (χ4n) is 1.66. The molecule has 1 aliphatic rings. The summed E-state index contributed by atoms with van der Waals surface area (Å²) < 4.78 is 15.8. The van der Waals surface area contributed by atoms with Crippen LogP contribution in [0.25, 0.3) is 0 Å². The van der Waals surface area contributed by atoms with Gasteiger partial charge < -0.3 is 19.5 Å². The summed E-state index contributed by atoms with van der Waals surface area (Å²) in [6, 6.07) is 0.683. The van der Waals surface area contributed by atoms with Gasteiger partial charge in [-0.1, -0.05) is 0 Å². The number of aromatic nitrogens is 2. The van der Waals surface area contributed by atoms with Gasteiger partial charge in [0.2, 0.25) is 5.88 Å². The van der Waals surface area contributed by atoms with Crippen molar-refractivity contribution in [2.45, 2.75) is 31.8 Å². The van der Waals surface area contributed by atoms with Crippen molar-refractivity contribution in [1.29, 1.82) is 0 Å². The van der Waals surface area contributed by atoms with Crippen molar-refractivity contribution >= 4 is 0 Å². The van der Waals surface area contributed by atoms with Gasteiger partial charge >= 0.3 is 0 Å². The van der Waals surface area contributed by atoms with E-state index in [4.69, 9.17) is 14.2 Å². The fourth-order valence-corrected chi connectivity index (χ4v) is 1.66. The molecule has 0 atom stereocenters. The van der Waals surface area contributed by atoms with Crippen LogP contribution in [0, 0.1) is 0 Å². The maximum absolute atomic E-state index is 5.46. The zero-order chi connectivity index (χ0) is 14.0. The van der Waals surface area contributed by atoms with E-state index in [1.807, 2.05) is 0 Å². The number of rotatable bonds is 11. The third kappa shape index (κ3) is 6.27. The number of nitrogens with zero attached hydrogens (tertiary/aromatic N) is 2. The number of ether oxygens (including phenoxy) is 3. The van der Waals surface area contributed by atoms with Crippen LogP contribution in [0.4, 0.5) is 0 Å². The molecule has 1 fully saturated rings. The highest BCUT2D eigenvalue weighted by atomic mass is 16.5. The maximum atomic E-state index is 5.46. The highest BCUT2D eigenvalue weighted by Crippen LogP contribution is 2.18. The van der Waals surface area contributed by atoms with Crippen LogP contribution in [0.3, 0.4) is 0 Å². The van der Waals surface area contributed by atoms with E-state index in [1.54, 1.807) is 19.5 Å². The van der Waals surface area contributed by atoms with Gasteiger partial charge in [0.1, 0.15) is 6.61 Å². The molecule has 1 aromatic rings. The van der Waals surface area contributed by atoms with E-state index in [9.17, 15) is 0 Å². The largest absolute Gasteiger partial charge is 0.474 e. The molecule has 0 aliphatic heterocycles. The molecule has 20 heavy (non-hydrogen) atoms. The van der Waals surface area contributed by atoms with Crippen molar-refractivity contribution in [3.8, 4) is 5.88 Å². The SMILES string of the molecule is COCCCOCCOc1cnc(CNC2CC2)cn1. The number of methoxy groups -OCH3 is 1. The summed E-state index contributed by atoms with van der Waals surface area (Å²) in [7, 11) is 1.69. The van der Waals surface area contributed by atoms with Crippen molar-refractivity contribution < 1.29 is 14.2 Å². The third-order valence-electron chi connectivity index (χ3n) is 2.95. The quantitative estimate of drug-likeness (QED) is 0.614. The van der Waals surface area contributed by atoms with Gasteiger partial charge in [-0.25, -0.2) is 4.98 Å². The zero-order valence-electron chi connectivity index (χ0n) is 12.0. The van der Waals surface area contributed by atoms with Gasteiger partial charge in [-0.3, -0.25) is 4.98 Å². The third-order valence-corrected chi connectivity index (χ3v) is 2.95. The minimum Gasteiger partial charge on any atom is -0.474 e. The van der Waals surface area contributed by atoms with E-state index in [1.165, 1.54) is 12.8 Å². The van der Waals surface area contributed by atoms with Gasteiger partial charge in [0.05, 0.1) is 24.7 Å². The second kappa shape index (κ2) is 8.84. The molecule has 1 heterocycles. The van der Waals surface area contributed by atoms with Crippen LogP contribution in [0.1, 0.15) is 25.0 Å².